The van der Waals surface area contributed by atoms with Crippen LogP contribution in [0.3, 0.4) is 0 Å². The lowest BCUT2D eigenvalue weighted by Gasteiger charge is -2.57. The maximum Gasteiger partial charge on any atom is 0.302 e. The summed E-state index contributed by atoms with van der Waals surface area (Å²) in [7, 11) is 0. The van der Waals surface area contributed by atoms with E-state index in [0.717, 1.165) is 57.1 Å². The third kappa shape index (κ3) is 4.56. The molecule has 0 heterocycles. The van der Waals surface area contributed by atoms with Crippen molar-refractivity contribution in [2.75, 3.05) is 12.5 Å². The van der Waals surface area contributed by atoms with Gasteiger partial charge in [-0.25, -0.2) is 0 Å². The fraction of sp³-hybridized carbons (Fsp3) is 0.808. The molecular formula is C26H38ClNO5. The first kappa shape index (κ1) is 24.6. The van der Waals surface area contributed by atoms with Gasteiger partial charge in [-0.3, -0.25) is 9.59 Å². The number of esters is 2. The normalized spacial score (nSPS) is 40.8. The van der Waals surface area contributed by atoms with Crippen molar-refractivity contribution in [3.05, 3.63) is 11.6 Å². The average Bonchev–Trinajstić information content (AvgIpc) is 3.07. The SMILES string of the molecule is CC(=O)O[C@H]1CC[C@@]2(C)C(=C/C(=N\OCCCCl)[C@H]3[C@@H]4CC[C@H](OC(C)=O)[C@@]4(C)CC[C@@H]32)C1. The number of nitrogens with zero attached hydrogens (tertiary/aromatic N) is 1. The van der Waals surface area contributed by atoms with Crippen LogP contribution >= 0.6 is 11.6 Å². The molecule has 0 N–H and O–H groups in total. The number of ether oxygens (including phenoxy) is 2. The van der Waals surface area contributed by atoms with Crippen molar-refractivity contribution in [3.63, 3.8) is 0 Å². The molecule has 0 bridgehead atoms. The molecule has 0 radical (unpaired) electrons. The van der Waals surface area contributed by atoms with Crippen LogP contribution in [0, 0.1) is 28.6 Å². The van der Waals surface area contributed by atoms with E-state index >= 15 is 0 Å². The zero-order valence-corrected chi connectivity index (χ0v) is 21.2. The monoisotopic (exact) mass is 479 g/mol. The third-order valence-electron chi connectivity index (χ3n) is 9.01. The summed E-state index contributed by atoms with van der Waals surface area (Å²) in [6.07, 6.45) is 9.63. The quantitative estimate of drug-likeness (QED) is 0.220. The Labute approximate surface area is 202 Å². The van der Waals surface area contributed by atoms with Crippen LogP contribution in [-0.2, 0) is 23.9 Å². The summed E-state index contributed by atoms with van der Waals surface area (Å²) in [6.45, 7) is 8.20. The van der Waals surface area contributed by atoms with Crippen molar-refractivity contribution >= 4 is 29.3 Å². The van der Waals surface area contributed by atoms with E-state index in [2.05, 4.69) is 25.1 Å². The number of carbonyl (C=O) groups is 2. The highest BCUT2D eigenvalue weighted by Crippen LogP contribution is 2.64. The number of allylic oxidation sites excluding steroid dienone is 1. The first-order chi connectivity index (χ1) is 15.7. The van der Waals surface area contributed by atoms with Gasteiger partial charge in [0, 0.05) is 37.5 Å². The largest absolute Gasteiger partial charge is 0.462 e. The maximum absolute atomic E-state index is 11.8. The van der Waals surface area contributed by atoms with Gasteiger partial charge in [0.25, 0.3) is 0 Å². The van der Waals surface area contributed by atoms with Crippen molar-refractivity contribution in [2.24, 2.45) is 33.7 Å². The van der Waals surface area contributed by atoms with Gasteiger partial charge in [-0.05, 0) is 68.3 Å². The smallest absolute Gasteiger partial charge is 0.302 e. The Morgan fingerprint density at radius 1 is 1.06 bits per heavy atom. The Hall–Kier alpha value is -1.56. The highest BCUT2D eigenvalue weighted by molar-refractivity contribution is 6.17. The molecule has 4 aliphatic carbocycles. The fourth-order valence-electron chi connectivity index (χ4n) is 7.40. The zero-order valence-electron chi connectivity index (χ0n) is 20.4. The van der Waals surface area contributed by atoms with E-state index in [0.29, 0.717) is 24.3 Å². The summed E-state index contributed by atoms with van der Waals surface area (Å²) < 4.78 is 11.4. The number of oxime groups is 1. The van der Waals surface area contributed by atoms with Crippen LogP contribution < -0.4 is 0 Å². The van der Waals surface area contributed by atoms with Crippen LogP contribution in [-0.4, -0.2) is 42.3 Å². The molecule has 3 saturated carbocycles. The number of alkyl halides is 1. The molecule has 4 aliphatic rings. The van der Waals surface area contributed by atoms with Crippen LogP contribution in [0.15, 0.2) is 16.8 Å². The van der Waals surface area contributed by atoms with Gasteiger partial charge in [0.15, 0.2) is 0 Å². The Bertz CT molecular complexity index is 841. The van der Waals surface area contributed by atoms with Gasteiger partial charge in [-0.1, -0.05) is 24.6 Å². The molecule has 4 rings (SSSR count). The van der Waals surface area contributed by atoms with Crippen molar-refractivity contribution < 1.29 is 23.9 Å². The van der Waals surface area contributed by atoms with Gasteiger partial charge < -0.3 is 14.3 Å². The molecule has 0 aromatic rings. The summed E-state index contributed by atoms with van der Waals surface area (Å²) in [5.74, 6) is 1.28. The maximum atomic E-state index is 11.8. The second-order valence-corrected chi connectivity index (χ2v) is 11.3. The molecule has 0 aromatic carbocycles. The van der Waals surface area contributed by atoms with Gasteiger partial charge in [0.2, 0.25) is 0 Å². The van der Waals surface area contributed by atoms with Crippen molar-refractivity contribution in [1.82, 2.24) is 0 Å². The summed E-state index contributed by atoms with van der Waals surface area (Å²) >= 11 is 5.83. The van der Waals surface area contributed by atoms with Crippen molar-refractivity contribution in [3.8, 4) is 0 Å². The Morgan fingerprint density at radius 2 is 1.82 bits per heavy atom. The predicted molar refractivity (Wildman–Crippen MR) is 127 cm³/mol. The van der Waals surface area contributed by atoms with Gasteiger partial charge in [0.05, 0.1) is 5.71 Å². The van der Waals surface area contributed by atoms with E-state index in [1.165, 1.54) is 19.4 Å². The zero-order chi connectivity index (χ0) is 23.8. The molecule has 0 aliphatic heterocycles. The van der Waals surface area contributed by atoms with E-state index < -0.39 is 0 Å². The first-order valence-electron chi connectivity index (χ1n) is 12.5. The van der Waals surface area contributed by atoms with E-state index in [1.54, 1.807) is 0 Å². The van der Waals surface area contributed by atoms with E-state index in [-0.39, 0.29) is 40.9 Å². The van der Waals surface area contributed by atoms with E-state index in [4.69, 9.17) is 25.9 Å². The third-order valence-corrected chi connectivity index (χ3v) is 9.28. The van der Waals surface area contributed by atoms with Gasteiger partial charge in [-0.15, -0.1) is 11.6 Å². The van der Waals surface area contributed by atoms with E-state index in [1.807, 2.05) is 0 Å². The first-order valence-corrected chi connectivity index (χ1v) is 13.0. The Kier molecular flexibility index (Phi) is 7.14. The summed E-state index contributed by atoms with van der Waals surface area (Å²) in [6, 6.07) is 0. The molecule has 3 fully saturated rings. The van der Waals surface area contributed by atoms with Gasteiger partial charge in [0.1, 0.15) is 18.8 Å². The second kappa shape index (κ2) is 9.59. The molecule has 33 heavy (non-hydrogen) atoms. The van der Waals surface area contributed by atoms with Crippen LogP contribution in [0.4, 0.5) is 0 Å². The number of fused-ring (bicyclic) bond motifs is 5. The molecule has 0 aromatic heterocycles. The molecule has 184 valence electrons. The lowest BCUT2D eigenvalue weighted by Crippen LogP contribution is -2.54. The highest BCUT2D eigenvalue weighted by atomic mass is 35.5. The molecule has 7 atom stereocenters. The second-order valence-electron chi connectivity index (χ2n) is 10.9. The minimum atomic E-state index is -0.216. The molecule has 0 spiro atoms. The van der Waals surface area contributed by atoms with Crippen LogP contribution in [0.5, 0.6) is 0 Å². The lowest BCUT2D eigenvalue weighted by atomic mass is 9.47. The Morgan fingerprint density at radius 3 is 2.52 bits per heavy atom. The van der Waals surface area contributed by atoms with Crippen molar-refractivity contribution in [1.29, 1.82) is 0 Å². The molecule has 7 heteroatoms. The standard InChI is InChI=1S/C26H38ClNO5/c1-16(29)32-19-8-10-25(3)18(14-19)15-22(28-31-13-5-12-27)24-20-6-7-23(33-17(2)30)26(20,4)11-9-21(24)25/h15,19-21,23-24H,5-14H2,1-4H3/b28-22+/t19-,20-,21-,23-,24-,25-,26-/m0/s1. The Balaban J connectivity index is 1.68. The van der Waals surface area contributed by atoms with Crippen LogP contribution in [0.2, 0.25) is 0 Å². The number of carbonyl (C=O) groups excluding carboxylic acids is 2. The molecular weight excluding hydrogens is 442 g/mol. The van der Waals surface area contributed by atoms with Gasteiger partial charge in [-0.2, -0.15) is 0 Å². The minimum Gasteiger partial charge on any atom is -0.462 e. The van der Waals surface area contributed by atoms with Crippen LogP contribution in [0.1, 0.15) is 79.1 Å². The minimum absolute atomic E-state index is 0.0303. The summed E-state index contributed by atoms with van der Waals surface area (Å²) in [5, 5.41) is 4.66. The number of halogens is 1. The van der Waals surface area contributed by atoms with Crippen LogP contribution in [0.25, 0.3) is 0 Å². The number of hydrogen-bond acceptors (Lipinski definition) is 6. The lowest BCUT2D eigenvalue weighted by molar-refractivity contribution is -0.155. The van der Waals surface area contributed by atoms with Gasteiger partial charge >= 0.3 is 11.9 Å². The fourth-order valence-corrected chi connectivity index (χ4v) is 7.51. The molecule has 0 unspecified atom stereocenters. The molecule has 0 amide bonds. The van der Waals surface area contributed by atoms with Crippen molar-refractivity contribution in [2.45, 2.75) is 91.3 Å². The molecule has 0 saturated heterocycles. The topological polar surface area (TPSA) is 74.2 Å². The molecule has 6 nitrogen and oxygen atoms in total. The number of hydrogen-bond donors (Lipinski definition) is 0. The average molecular weight is 480 g/mol. The predicted octanol–water partition coefficient (Wildman–Crippen LogP) is 5.42. The summed E-state index contributed by atoms with van der Waals surface area (Å²) in [4.78, 5) is 29.1. The summed E-state index contributed by atoms with van der Waals surface area (Å²) in [5.41, 5.74) is 2.36. The van der Waals surface area contributed by atoms with E-state index in [9.17, 15) is 9.59 Å². The highest BCUT2D eigenvalue weighted by Gasteiger charge is 2.61. The number of rotatable bonds is 6.